The fourth-order valence-corrected chi connectivity index (χ4v) is 1.28. The van der Waals surface area contributed by atoms with Gasteiger partial charge in [-0.1, -0.05) is 43.7 Å². The van der Waals surface area contributed by atoms with Crippen LogP contribution in [-0.4, -0.2) is 6.61 Å². The van der Waals surface area contributed by atoms with Crippen molar-refractivity contribution in [3.63, 3.8) is 0 Å². The Hall–Kier alpha value is -0.860. The van der Waals surface area contributed by atoms with Crippen LogP contribution < -0.4 is 0 Å². The van der Waals surface area contributed by atoms with Gasteiger partial charge in [0.1, 0.15) is 5.60 Å². The summed E-state index contributed by atoms with van der Waals surface area (Å²) in [7, 11) is 0. The summed E-state index contributed by atoms with van der Waals surface area (Å²) in [5.74, 6) is 0. The molecule has 0 radical (unpaired) electrons. The summed E-state index contributed by atoms with van der Waals surface area (Å²) in [6.07, 6.45) is 2.15. The molecule has 0 aromatic heterocycles. The van der Waals surface area contributed by atoms with Gasteiger partial charge in [0, 0.05) is 0 Å². The number of hydrogen-bond donors (Lipinski definition) is 0. The highest BCUT2D eigenvalue weighted by molar-refractivity contribution is 5.20. The fourth-order valence-electron chi connectivity index (χ4n) is 1.28. The molecule has 1 aromatic rings. The van der Waals surface area contributed by atoms with Gasteiger partial charge in [-0.2, -0.15) is 0 Å². The van der Waals surface area contributed by atoms with Crippen LogP contribution in [0.1, 0.15) is 39.2 Å². The van der Waals surface area contributed by atoms with E-state index in [-0.39, 0.29) is 5.60 Å². The van der Waals surface area contributed by atoms with E-state index >= 15 is 0 Å². The number of hydrogen-bond acceptors (Lipinski definition) is 2. The van der Waals surface area contributed by atoms with Crippen LogP contribution >= 0.6 is 0 Å². The van der Waals surface area contributed by atoms with Gasteiger partial charge in [0.2, 0.25) is 0 Å². The van der Waals surface area contributed by atoms with Crippen molar-refractivity contribution < 1.29 is 9.78 Å². The molecule has 1 aromatic carbocycles. The lowest BCUT2D eigenvalue weighted by Crippen LogP contribution is -2.22. The molecule has 0 saturated heterocycles. The van der Waals surface area contributed by atoms with Crippen molar-refractivity contribution in [1.82, 2.24) is 0 Å². The number of unbranched alkanes of at least 4 members (excludes halogenated alkanes) is 1. The summed E-state index contributed by atoms with van der Waals surface area (Å²) in [6, 6.07) is 10.1. The van der Waals surface area contributed by atoms with Gasteiger partial charge in [0.25, 0.3) is 0 Å². The second-order valence-corrected chi connectivity index (χ2v) is 4.14. The zero-order valence-electron chi connectivity index (χ0n) is 9.82. The van der Waals surface area contributed by atoms with E-state index in [2.05, 4.69) is 6.92 Å². The monoisotopic (exact) mass is 208 g/mol. The molecular formula is C13H20O2. The second-order valence-electron chi connectivity index (χ2n) is 4.14. The van der Waals surface area contributed by atoms with E-state index in [4.69, 9.17) is 9.78 Å². The SMILES string of the molecule is CCCCOOC(C)(C)c1ccccc1. The molecule has 0 atom stereocenters. The Kier molecular flexibility index (Phi) is 4.79. The molecule has 15 heavy (non-hydrogen) atoms. The highest BCUT2D eigenvalue weighted by atomic mass is 17.2. The minimum absolute atomic E-state index is 0.380. The highest BCUT2D eigenvalue weighted by Gasteiger charge is 2.22. The zero-order chi connectivity index (χ0) is 11.1. The Labute approximate surface area is 92.1 Å². The van der Waals surface area contributed by atoms with Gasteiger partial charge >= 0.3 is 0 Å². The maximum atomic E-state index is 5.42. The third-order valence-corrected chi connectivity index (χ3v) is 2.32. The summed E-state index contributed by atoms with van der Waals surface area (Å²) in [5, 5.41) is 0. The minimum atomic E-state index is -0.380. The fraction of sp³-hybridized carbons (Fsp3) is 0.538. The van der Waals surface area contributed by atoms with E-state index in [1.165, 1.54) is 0 Å². The van der Waals surface area contributed by atoms with Crippen molar-refractivity contribution in [2.75, 3.05) is 6.61 Å². The summed E-state index contributed by atoms with van der Waals surface area (Å²) in [6.45, 7) is 6.81. The van der Waals surface area contributed by atoms with Crippen molar-refractivity contribution in [2.24, 2.45) is 0 Å². The van der Waals surface area contributed by atoms with Gasteiger partial charge in [-0.15, -0.1) is 0 Å². The first kappa shape index (κ1) is 12.2. The standard InChI is InChI=1S/C13H20O2/c1-4-5-11-14-15-13(2,3)12-9-7-6-8-10-12/h6-10H,4-5,11H2,1-3H3. The topological polar surface area (TPSA) is 18.5 Å². The van der Waals surface area contributed by atoms with Crippen molar-refractivity contribution in [3.05, 3.63) is 35.9 Å². The lowest BCUT2D eigenvalue weighted by Gasteiger charge is -2.23. The molecule has 0 aliphatic rings. The molecular weight excluding hydrogens is 188 g/mol. The average molecular weight is 208 g/mol. The van der Waals surface area contributed by atoms with Crippen LogP contribution in [0.5, 0.6) is 0 Å². The molecule has 1 rings (SSSR count). The third-order valence-electron chi connectivity index (χ3n) is 2.32. The maximum absolute atomic E-state index is 5.42. The summed E-state index contributed by atoms with van der Waals surface area (Å²) >= 11 is 0. The molecule has 0 aliphatic carbocycles. The first-order valence-corrected chi connectivity index (χ1v) is 5.53. The Morgan fingerprint density at radius 3 is 2.40 bits per heavy atom. The first-order valence-electron chi connectivity index (χ1n) is 5.53. The molecule has 84 valence electrons. The van der Waals surface area contributed by atoms with E-state index in [9.17, 15) is 0 Å². The van der Waals surface area contributed by atoms with Crippen molar-refractivity contribution in [3.8, 4) is 0 Å². The van der Waals surface area contributed by atoms with Crippen LogP contribution in [0.25, 0.3) is 0 Å². The van der Waals surface area contributed by atoms with E-state index < -0.39 is 0 Å². The highest BCUT2D eigenvalue weighted by Crippen LogP contribution is 2.24. The van der Waals surface area contributed by atoms with Gasteiger partial charge in [-0.25, -0.2) is 9.78 Å². The number of benzene rings is 1. The van der Waals surface area contributed by atoms with E-state index in [0.717, 1.165) is 18.4 Å². The molecule has 0 aliphatic heterocycles. The van der Waals surface area contributed by atoms with Crippen molar-refractivity contribution in [1.29, 1.82) is 0 Å². The molecule has 0 unspecified atom stereocenters. The summed E-state index contributed by atoms with van der Waals surface area (Å²) in [4.78, 5) is 10.6. The quantitative estimate of drug-likeness (QED) is 0.403. The second kappa shape index (κ2) is 5.89. The predicted octanol–water partition coefficient (Wildman–Crippen LogP) is 3.67. The normalized spacial score (nSPS) is 11.7. The van der Waals surface area contributed by atoms with Crippen molar-refractivity contribution >= 4 is 0 Å². The van der Waals surface area contributed by atoms with Crippen LogP contribution in [0.2, 0.25) is 0 Å². The van der Waals surface area contributed by atoms with Gasteiger partial charge in [0.15, 0.2) is 0 Å². The third kappa shape index (κ3) is 4.02. The van der Waals surface area contributed by atoms with E-state index in [1.807, 2.05) is 44.2 Å². The summed E-state index contributed by atoms with van der Waals surface area (Å²) < 4.78 is 0. The molecule has 2 heteroatoms. The molecule has 0 fully saturated rings. The van der Waals surface area contributed by atoms with Crippen LogP contribution in [0.4, 0.5) is 0 Å². The number of rotatable bonds is 6. The Morgan fingerprint density at radius 1 is 1.13 bits per heavy atom. The Balaban J connectivity index is 2.45. The molecule has 0 bridgehead atoms. The van der Waals surface area contributed by atoms with Crippen LogP contribution in [0.3, 0.4) is 0 Å². The lowest BCUT2D eigenvalue weighted by atomic mass is 9.99. The van der Waals surface area contributed by atoms with Crippen molar-refractivity contribution in [2.45, 2.75) is 39.2 Å². The molecule has 0 saturated carbocycles. The first-order chi connectivity index (χ1) is 7.17. The van der Waals surface area contributed by atoms with Gasteiger partial charge in [0.05, 0.1) is 6.61 Å². The molecule has 0 amide bonds. The molecule has 0 heterocycles. The average Bonchev–Trinajstić information content (AvgIpc) is 2.26. The summed E-state index contributed by atoms with van der Waals surface area (Å²) in [5.41, 5.74) is 0.746. The van der Waals surface area contributed by atoms with Crippen LogP contribution in [0.15, 0.2) is 30.3 Å². The minimum Gasteiger partial charge on any atom is -0.236 e. The Morgan fingerprint density at radius 2 is 1.80 bits per heavy atom. The van der Waals surface area contributed by atoms with Gasteiger partial charge in [-0.3, -0.25) is 0 Å². The van der Waals surface area contributed by atoms with Gasteiger partial charge in [-0.05, 0) is 25.8 Å². The van der Waals surface area contributed by atoms with E-state index in [0.29, 0.717) is 6.61 Å². The lowest BCUT2D eigenvalue weighted by molar-refractivity contribution is -0.358. The molecule has 2 nitrogen and oxygen atoms in total. The maximum Gasteiger partial charge on any atom is 0.123 e. The van der Waals surface area contributed by atoms with Gasteiger partial charge < -0.3 is 0 Å². The molecule has 0 spiro atoms. The molecule has 0 N–H and O–H groups in total. The predicted molar refractivity (Wildman–Crippen MR) is 61.4 cm³/mol. The largest absolute Gasteiger partial charge is 0.236 e. The van der Waals surface area contributed by atoms with E-state index in [1.54, 1.807) is 0 Å². The van der Waals surface area contributed by atoms with Crippen LogP contribution in [-0.2, 0) is 15.4 Å². The smallest absolute Gasteiger partial charge is 0.123 e. The Bertz CT molecular complexity index is 267. The van der Waals surface area contributed by atoms with Crippen LogP contribution in [0, 0.1) is 0 Å². The zero-order valence-corrected chi connectivity index (χ0v) is 9.82.